The fourth-order valence-corrected chi connectivity index (χ4v) is 1.84. The Hall–Kier alpha value is -0.950. The zero-order valence-corrected chi connectivity index (χ0v) is 9.98. The number of amides is 1. The van der Waals surface area contributed by atoms with E-state index in [1.165, 1.54) is 17.9 Å². The van der Waals surface area contributed by atoms with Crippen molar-refractivity contribution in [3.8, 4) is 0 Å². The topological polar surface area (TPSA) is 90.2 Å². The van der Waals surface area contributed by atoms with Crippen molar-refractivity contribution in [2.24, 2.45) is 0 Å². The molecule has 1 aliphatic rings. The number of ether oxygens (including phenoxy) is 1. The zero-order chi connectivity index (χ0) is 13.2. The molecule has 1 rings (SSSR count). The molecule has 0 aromatic rings. The third-order valence-corrected chi connectivity index (χ3v) is 2.86. The number of aliphatic hydroxyl groups excluding tert-OH is 3. The summed E-state index contributed by atoms with van der Waals surface area (Å²) in [7, 11) is 0. The molecule has 0 bridgehead atoms. The number of hydrogen-bond acceptors (Lipinski definition) is 5. The van der Waals surface area contributed by atoms with Gasteiger partial charge in [0.2, 0.25) is 5.91 Å². The Balaban J connectivity index is 2.87. The molecule has 0 radical (unpaired) electrons. The number of hydrogen-bond donors (Lipinski definition) is 3. The number of nitrogens with zero attached hydrogens (tertiary/aromatic N) is 1. The van der Waals surface area contributed by atoms with Crippen molar-refractivity contribution >= 4 is 5.91 Å². The Kier molecular flexibility index (Phi) is 4.64. The van der Waals surface area contributed by atoms with Crippen LogP contribution in [0.1, 0.15) is 13.8 Å². The van der Waals surface area contributed by atoms with Crippen molar-refractivity contribution in [2.75, 3.05) is 6.54 Å². The maximum atomic E-state index is 11.4. The summed E-state index contributed by atoms with van der Waals surface area (Å²) >= 11 is 0. The third kappa shape index (κ3) is 2.84. The van der Waals surface area contributed by atoms with Crippen molar-refractivity contribution < 1.29 is 24.9 Å². The highest BCUT2D eigenvalue weighted by molar-refractivity contribution is 5.73. The van der Waals surface area contributed by atoms with Crippen LogP contribution < -0.4 is 0 Å². The molecule has 6 nitrogen and oxygen atoms in total. The second kappa shape index (κ2) is 5.59. The average molecular weight is 245 g/mol. The Morgan fingerprint density at radius 3 is 2.41 bits per heavy atom. The number of rotatable bonds is 3. The first-order valence-corrected chi connectivity index (χ1v) is 5.48. The molecule has 1 amide bonds. The molecule has 5 atom stereocenters. The van der Waals surface area contributed by atoms with Gasteiger partial charge < -0.3 is 25.0 Å². The van der Waals surface area contributed by atoms with Crippen molar-refractivity contribution in [3.63, 3.8) is 0 Å². The maximum Gasteiger partial charge on any atom is 0.221 e. The van der Waals surface area contributed by atoms with Crippen LogP contribution in [0.4, 0.5) is 0 Å². The van der Waals surface area contributed by atoms with Gasteiger partial charge in [0.1, 0.15) is 18.3 Å². The van der Waals surface area contributed by atoms with Crippen molar-refractivity contribution in [1.82, 2.24) is 4.90 Å². The highest BCUT2D eigenvalue weighted by atomic mass is 16.5. The molecular formula is C11H19NO5. The predicted octanol–water partition coefficient (Wildman–Crippen LogP) is -1.15. The van der Waals surface area contributed by atoms with Gasteiger partial charge in [-0.15, -0.1) is 6.58 Å². The van der Waals surface area contributed by atoms with Crippen molar-refractivity contribution in [2.45, 2.75) is 44.5 Å². The Bertz CT molecular complexity index is 296. The molecule has 0 aromatic carbocycles. The van der Waals surface area contributed by atoms with E-state index in [4.69, 9.17) is 4.74 Å². The van der Waals surface area contributed by atoms with E-state index in [0.29, 0.717) is 0 Å². The third-order valence-electron chi connectivity index (χ3n) is 2.86. The molecule has 1 saturated heterocycles. The van der Waals surface area contributed by atoms with Gasteiger partial charge in [0.15, 0.2) is 6.23 Å². The van der Waals surface area contributed by atoms with Crippen LogP contribution in [-0.4, -0.2) is 63.3 Å². The Labute approximate surface area is 100 Å². The summed E-state index contributed by atoms with van der Waals surface area (Å²) in [5.74, 6) is -0.301. The molecule has 6 heteroatoms. The summed E-state index contributed by atoms with van der Waals surface area (Å²) in [6, 6.07) is 0. The van der Waals surface area contributed by atoms with Crippen LogP contribution in [0, 0.1) is 0 Å². The lowest BCUT2D eigenvalue weighted by atomic mass is 9.98. The number of carbonyl (C=O) groups excluding carboxylic acids is 1. The molecule has 0 aromatic heterocycles. The smallest absolute Gasteiger partial charge is 0.221 e. The van der Waals surface area contributed by atoms with E-state index in [0.717, 1.165) is 0 Å². The molecule has 1 heterocycles. The summed E-state index contributed by atoms with van der Waals surface area (Å²) < 4.78 is 5.35. The highest BCUT2D eigenvalue weighted by Gasteiger charge is 2.44. The van der Waals surface area contributed by atoms with Crippen LogP contribution in [-0.2, 0) is 9.53 Å². The number of aliphatic hydroxyl groups is 3. The molecule has 0 unspecified atom stereocenters. The lowest BCUT2D eigenvalue weighted by Gasteiger charge is -2.43. The van der Waals surface area contributed by atoms with Gasteiger partial charge in [-0.1, -0.05) is 6.08 Å². The molecule has 0 spiro atoms. The van der Waals surface area contributed by atoms with Gasteiger partial charge in [-0.3, -0.25) is 4.79 Å². The summed E-state index contributed by atoms with van der Waals surface area (Å²) in [5.41, 5.74) is 0. The predicted molar refractivity (Wildman–Crippen MR) is 59.9 cm³/mol. The summed E-state index contributed by atoms with van der Waals surface area (Å²) in [6.45, 7) is 6.62. The minimum Gasteiger partial charge on any atom is -0.388 e. The molecule has 17 heavy (non-hydrogen) atoms. The van der Waals surface area contributed by atoms with Crippen LogP contribution in [0.5, 0.6) is 0 Å². The van der Waals surface area contributed by atoms with Crippen molar-refractivity contribution in [3.05, 3.63) is 12.7 Å². The van der Waals surface area contributed by atoms with Crippen molar-refractivity contribution in [1.29, 1.82) is 0 Å². The lowest BCUT2D eigenvalue weighted by Crippen LogP contribution is -2.62. The Morgan fingerprint density at radius 1 is 1.35 bits per heavy atom. The normalized spacial score (nSPS) is 37.6. The molecular weight excluding hydrogens is 226 g/mol. The second-order valence-electron chi connectivity index (χ2n) is 4.16. The van der Waals surface area contributed by atoms with E-state index in [1.807, 2.05) is 0 Å². The minimum atomic E-state index is -1.34. The van der Waals surface area contributed by atoms with E-state index in [1.54, 1.807) is 6.92 Å². The quantitative estimate of drug-likeness (QED) is 0.546. The van der Waals surface area contributed by atoms with Gasteiger partial charge >= 0.3 is 0 Å². The SMILES string of the molecule is C=CCN(C(C)=O)[C@H]1O[C@@H](C)[C@@H](O)[C@@H](O)[C@@H]1O. The number of carbonyl (C=O) groups is 1. The van der Waals surface area contributed by atoms with Gasteiger partial charge in [-0.05, 0) is 6.92 Å². The zero-order valence-electron chi connectivity index (χ0n) is 9.98. The van der Waals surface area contributed by atoms with Crippen LogP contribution in [0.3, 0.4) is 0 Å². The first-order chi connectivity index (χ1) is 7.90. The van der Waals surface area contributed by atoms with Crippen LogP contribution >= 0.6 is 0 Å². The molecule has 0 saturated carbocycles. The largest absolute Gasteiger partial charge is 0.388 e. The van der Waals surface area contributed by atoms with E-state index < -0.39 is 30.6 Å². The van der Waals surface area contributed by atoms with Gasteiger partial charge in [0, 0.05) is 13.5 Å². The molecule has 3 N–H and O–H groups in total. The van der Waals surface area contributed by atoms with E-state index in [2.05, 4.69) is 6.58 Å². The first-order valence-electron chi connectivity index (χ1n) is 5.48. The summed E-state index contributed by atoms with van der Waals surface area (Å²) in [5, 5.41) is 29.0. The van der Waals surface area contributed by atoms with Gasteiger partial charge in [-0.25, -0.2) is 0 Å². The summed E-state index contributed by atoms with van der Waals surface area (Å²) in [6.07, 6.45) is -3.98. The van der Waals surface area contributed by atoms with Crippen LogP contribution in [0.2, 0.25) is 0 Å². The second-order valence-corrected chi connectivity index (χ2v) is 4.16. The first kappa shape index (κ1) is 14.1. The fourth-order valence-electron chi connectivity index (χ4n) is 1.84. The van der Waals surface area contributed by atoms with Gasteiger partial charge in [-0.2, -0.15) is 0 Å². The fraction of sp³-hybridized carbons (Fsp3) is 0.727. The summed E-state index contributed by atoms with van der Waals surface area (Å²) in [4.78, 5) is 12.7. The highest BCUT2D eigenvalue weighted by Crippen LogP contribution is 2.23. The minimum absolute atomic E-state index is 0.201. The lowest BCUT2D eigenvalue weighted by molar-refractivity contribution is -0.251. The van der Waals surface area contributed by atoms with E-state index >= 15 is 0 Å². The van der Waals surface area contributed by atoms with E-state index in [9.17, 15) is 20.1 Å². The van der Waals surface area contributed by atoms with Gasteiger partial charge in [0.25, 0.3) is 0 Å². The monoisotopic (exact) mass is 245 g/mol. The Morgan fingerprint density at radius 2 is 1.94 bits per heavy atom. The maximum absolute atomic E-state index is 11.4. The molecule has 1 aliphatic heterocycles. The molecule has 98 valence electrons. The standard InChI is InChI=1S/C11H19NO5/c1-4-5-12(7(3)13)11-10(16)9(15)8(14)6(2)17-11/h4,6,8-11,14-16H,1,5H2,2-3H3/t6-,8+,9+,10-,11-/m0/s1. The van der Waals surface area contributed by atoms with E-state index in [-0.39, 0.29) is 12.5 Å². The average Bonchev–Trinajstić information content (AvgIpc) is 2.28. The molecule has 0 aliphatic carbocycles. The molecule has 1 fully saturated rings. The van der Waals surface area contributed by atoms with Crippen LogP contribution in [0.25, 0.3) is 0 Å². The van der Waals surface area contributed by atoms with Gasteiger partial charge in [0.05, 0.1) is 6.10 Å². The van der Waals surface area contributed by atoms with Crippen LogP contribution in [0.15, 0.2) is 12.7 Å².